The third-order valence-electron chi connectivity index (χ3n) is 3.67. The largest absolute Gasteiger partial charge is 0.367 e. The molecular weight excluding hydrogens is 244 g/mol. The molecule has 0 amide bonds. The highest BCUT2D eigenvalue weighted by Crippen LogP contribution is 2.34. The molecule has 0 aliphatic carbocycles. The number of hydrogen-bond acceptors (Lipinski definition) is 4. The summed E-state index contributed by atoms with van der Waals surface area (Å²) in [4.78, 5) is 16.3. The Morgan fingerprint density at radius 3 is 2.74 bits per heavy atom. The molecule has 4 nitrogen and oxygen atoms in total. The quantitative estimate of drug-likeness (QED) is 0.348. The van der Waals surface area contributed by atoms with Crippen molar-refractivity contribution >= 4 is 5.78 Å². The van der Waals surface area contributed by atoms with Crippen molar-refractivity contribution in [2.45, 2.75) is 57.8 Å². The van der Waals surface area contributed by atoms with Gasteiger partial charge in [0.25, 0.3) is 0 Å². The van der Waals surface area contributed by atoms with E-state index in [2.05, 4.69) is 11.5 Å². The van der Waals surface area contributed by atoms with Crippen molar-refractivity contribution in [3.8, 4) is 0 Å². The van der Waals surface area contributed by atoms with E-state index < -0.39 is 5.60 Å². The molecule has 3 atom stereocenters. The summed E-state index contributed by atoms with van der Waals surface area (Å²) in [5, 5.41) is 8.66. The van der Waals surface area contributed by atoms with Gasteiger partial charge in [-0.05, 0) is 45.8 Å². The first-order chi connectivity index (χ1) is 8.73. The molecule has 0 aromatic rings. The van der Waals surface area contributed by atoms with Crippen molar-refractivity contribution in [3.63, 3.8) is 0 Å². The van der Waals surface area contributed by atoms with Crippen molar-refractivity contribution in [1.82, 2.24) is 0 Å². The van der Waals surface area contributed by atoms with E-state index in [9.17, 15) is 4.79 Å². The van der Waals surface area contributed by atoms with E-state index in [1.165, 1.54) is 6.08 Å². The standard InChI is InChI=1S/C15H24O4/c1-6-15(5)10-8-13(18-15)11(2)12(16)7-9-14(3,4)19-17/h6-7,9,11,13,17H,1,8,10H2,2-5H3. The lowest BCUT2D eigenvalue weighted by atomic mass is 9.94. The Morgan fingerprint density at radius 1 is 1.63 bits per heavy atom. The van der Waals surface area contributed by atoms with Crippen LogP contribution in [0.3, 0.4) is 0 Å². The predicted molar refractivity (Wildman–Crippen MR) is 73.8 cm³/mol. The molecule has 1 heterocycles. The number of allylic oxidation sites excluding steroid dienone is 1. The lowest BCUT2D eigenvalue weighted by molar-refractivity contribution is -0.297. The normalized spacial score (nSPS) is 29.6. The number of rotatable bonds is 6. The average molecular weight is 268 g/mol. The molecule has 1 aliphatic rings. The van der Waals surface area contributed by atoms with Gasteiger partial charge in [-0.1, -0.05) is 13.0 Å². The molecule has 19 heavy (non-hydrogen) atoms. The van der Waals surface area contributed by atoms with Crippen molar-refractivity contribution < 1.29 is 19.7 Å². The Kier molecular flexibility index (Phi) is 5.07. The van der Waals surface area contributed by atoms with E-state index >= 15 is 0 Å². The second-order valence-electron chi connectivity index (χ2n) is 5.93. The van der Waals surface area contributed by atoms with Gasteiger partial charge in [0.05, 0.1) is 11.7 Å². The summed E-state index contributed by atoms with van der Waals surface area (Å²) in [5.74, 6) is -0.240. The zero-order valence-electron chi connectivity index (χ0n) is 12.2. The molecular formula is C15H24O4. The van der Waals surface area contributed by atoms with Gasteiger partial charge in [-0.3, -0.25) is 10.1 Å². The number of carbonyl (C=O) groups excluding carboxylic acids is 1. The minimum absolute atomic E-state index is 0.0246. The first-order valence-electron chi connectivity index (χ1n) is 6.60. The zero-order chi connectivity index (χ0) is 14.7. The van der Waals surface area contributed by atoms with Gasteiger partial charge in [-0.2, -0.15) is 0 Å². The number of hydrogen-bond donors (Lipinski definition) is 1. The summed E-state index contributed by atoms with van der Waals surface area (Å²) in [6.07, 6.45) is 6.44. The highest BCUT2D eigenvalue weighted by atomic mass is 17.1. The summed E-state index contributed by atoms with van der Waals surface area (Å²) >= 11 is 0. The predicted octanol–water partition coefficient (Wildman–Crippen LogP) is 3.14. The van der Waals surface area contributed by atoms with E-state index in [0.717, 1.165) is 12.8 Å². The van der Waals surface area contributed by atoms with Crippen LogP contribution in [0.4, 0.5) is 0 Å². The maximum atomic E-state index is 12.1. The van der Waals surface area contributed by atoms with Gasteiger partial charge in [0.1, 0.15) is 5.60 Å². The lowest BCUT2D eigenvalue weighted by Gasteiger charge is -2.23. The SMILES string of the molecule is C=CC1(C)CCC(C(C)C(=O)C=CC(C)(C)OO)O1. The molecule has 0 aromatic heterocycles. The fourth-order valence-electron chi connectivity index (χ4n) is 2.04. The number of ketones is 1. The Morgan fingerprint density at radius 2 is 2.26 bits per heavy atom. The van der Waals surface area contributed by atoms with Gasteiger partial charge in [0, 0.05) is 5.92 Å². The molecule has 0 spiro atoms. The lowest BCUT2D eigenvalue weighted by Crippen LogP contribution is -2.29. The third-order valence-corrected chi connectivity index (χ3v) is 3.67. The highest BCUT2D eigenvalue weighted by molar-refractivity contribution is 5.92. The van der Waals surface area contributed by atoms with E-state index in [1.807, 2.05) is 13.8 Å². The van der Waals surface area contributed by atoms with Crippen LogP contribution >= 0.6 is 0 Å². The molecule has 1 aliphatic heterocycles. The maximum absolute atomic E-state index is 12.1. The Balaban J connectivity index is 2.62. The van der Waals surface area contributed by atoms with Crippen LogP contribution in [-0.2, 0) is 14.4 Å². The van der Waals surface area contributed by atoms with Crippen LogP contribution in [-0.4, -0.2) is 28.3 Å². The van der Waals surface area contributed by atoms with Gasteiger partial charge < -0.3 is 4.74 Å². The van der Waals surface area contributed by atoms with Crippen molar-refractivity contribution in [1.29, 1.82) is 0 Å². The minimum atomic E-state index is -0.860. The van der Waals surface area contributed by atoms with Crippen molar-refractivity contribution in [2.75, 3.05) is 0 Å². The molecule has 108 valence electrons. The fourth-order valence-corrected chi connectivity index (χ4v) is 2.04. The molecule has 4 heteroatoms. The molecule has 0 bridgehead atoms. The van der Waals surface area contributed by atoms with E-state index in [-0.39, 0.29) is 23.4 Å². The minimum Gasteiger partial charge on any atom is -0.367 e. The molecule has 0 radical (unpaired) electrons. The van der Waals surface area contributed by atoms with Gasteiger partial charge in [-0.25, -0.2) is 4.89 Å². The first-order valence-corrected chi connectivity index (χ1v) is 6.60. The Hall–Kier alpha value is -0.970. The molecule has 1 rings (SSSR count). The van der Waals surface area contributed by atoms with E-state index in [1.54, 1.807) is 26.0 Å². The van der Waals surface area contributed by atoms with Gasteiger partial charge in [0.15, 0.2) is 5.78 Å². The fraction of sp³-hybridized carbons (Fsp3) is 0.667. The summed E-state index contributed by atoms with van der Waals surface area (Å²) < 4.78 is 5.89. The summed E-state index contributed by atoms with van der Waals surface area (Å²) in [6, 6.07) is 0. The van der Waals surface area contributed by atoms with Crippen LogP contribution in [0.25, 0.3) is 0 Å². The Labute approximate surface area is 115 Å². The summed E-state index contributed by atoms with van der Waals surface area (Å²) in [7, 11) is 0. The number of ether oxygens (including phenoxy) is 1. The van der Waals surface area contributed by atoms with Gasteiger partial charge >= 0.3 is 0 Å². The van der Waals surface area contributed by atoms with E-state index in [4.69, 9.17) is 9.99 Å². The number of carbonyl (C=O) groups is 1. The summed E-state index contributed by atoms with van der Waals surface area (Å²) in [6.45, 7) is 10.9. The van der Waals surface area contributed by atoms with Crippen molar-refractivity contribution in [2.24, 2.45) is 5.92 Å². The zero-order valence-corrected chi connectivity index (χ0v) is 12.2. The van der Waals surface area contributed by atoms with Gasteiger partial charge in [-0.15, -0.1) is 6.58 Å². The van der Waals surface area contributed by atoms with Crippen LogP contribution < -0.4 is 0 Å². The molecule has 0 aromatic carbocycles. The highest BCUT2D eigenvalue weighted by Gasteiger charge is 2.37. The maximum Gasteiger partial charge on any atom is 0.160 e. The first kappa shape index (κ1) is 16.1. The second kappa shape index (κ2) is 5.99. The third kappa shape index (κ3) is 4.27. The van der Waals surface area contributed by atoms with Crippen LogP contribution in [0.2, 0.25) is 0 Å². The van der Waals surface area contributed by atoms with Crippen LogP contribution in [0.5, 0.6) is 0 Å². The van der Waals surface area contributed by atoms with Crippen LogP contribution in [0.1, 0.15) is 40.5 Å². The summed E-state index contributed by atoms with van der Waals surface area (Å²) in [5.41, 5.74) is -1.18. The molecule has 0 saturated carbocycles. The topological polar surface area (TPSA) is 55.8 Å². The second-order valence-corrected chi connectivity index (χ2v) is 5.93. The molecule has 1 N–H and O–H groups in total. The van der Waals surface area contributed by atoms with Crippen LogP contribution in [0.15, 0.2) is 24.8 Å². The van der Waals surface area contributed by atoms with E-state index in [0.29, 0.717) is 0 Å². The Bertz CT molecular complexity index is 372. The monoisotopic (exact) mass is 268 g/mol. The molecule has 1 saturated heterocycles. The van der Waals surface area contributed by atoms with Gasteiger partial charge in [0.2, 0.25) is 0 Å². The smallest absolute Gasteiger partial charge is 0.160 e. The van der Waals surface area contributed by atoms with Crippen LogP contribution in [0, 0.1) is 5.92 Å². The molecule has 1 fully saturated rings. The van der Waals surface area contributed by atoms with Crippen molar-refractivity contribution in [3.05, 3.63) is 24.8 Å². The molecule has 3 unspecified atom stereocenters. The average Bonchev–Trinajstić information content (AvgIpc) is 2.78.